The molecule has 0 spiro atoms. The van der Waals surface area contributed by atoms with Crippen molar-refractivity contribution in [2.24, 2.45) is 10.1 Å². The smallest absolute Gasteiger partial charge is 0.238 e. The number of anilines is 1. The van der Waals surface area contributed by atoms with E-state index in [9.17, 15) is 8.42 Å². The number of hydrogen-bond donors (Lipinski definition) is 1. The Morgan fingerprint density at radius 1 is 1.00 bits per heavy atom. The van der Waals surface area contributed by atoms with Crippen LogP contribution in [-0.4, -0.2) is 28.7 Å². The summed E-state index contributed by atoms with van der Waals surface area (Å²) in [7, 11) is 0.306. The molecule has 5 nitrogen and oxygen atoms in total. The van der Waals surface area contributed by atoms with Crippen LogP contribution in [0.4, 0.5) is 11.4 Å². The SMILES string of the molecule is CN(C)c1ccc(N=Cc2ccc(S(N)(=O)=O)cc2)cc1. The summed E-state index contributed by atoms with van der Waals surface area (Å²) in [4.78, 5) is 6.45. The molecule has 0 saturated carbocycles. The zero-order chi connectivity index (χ0) is 15.5. The van der Waals surface area contributed by atoms with E-state index in [0.717, 1.165) is 16.9 Å². The molecule has 0 amide bonds. The van der Waals surface area contributed by atoms with Crippen LogP contribution in [0.15, 0.2) is 58.4 Å². The zero-order valence-corrected chi connectivity index (χ0v) is 12.7. The summed E-state index contributed by atoms with van der Waals surface area (Å²) in [5.74, 6) is 0. The molecule has 0 saturated heterocycles. The normalized spacial score (nSPS) is 11.8. The molecule has 110 valence electrons. The molecule has 0 aliphatic rings. The first kappa shape index (κ1) is 15.2. The van der Waals surface area contributed by atoms with Crippen LogP contribution in [0.3, 0.4) is 0 Å². The van der Waals surface area contributed by atoms with E-state index in [4.69, 9.17) is 5.14 Å². The van der Waals surface area contributed by atoms with Gasteiger partial charge in [-0.1, -0.05) is 12.1 Å². The molecule has 0 bridgehead atoms. The van der Waals surface area contributed by atoms with Gasteiger partial charge in [-0.25, -0.2) is 13.6 Å². The van der Waals surface area contributed by atoms with E-state index in [1.54, 1.807) is 18.3 Å². The monoisotopic (exact) mass is 303 g/mol. The summed E-state index contributed by atoms with van der Waals surface area (Å²) >= 11 is 0. The molecule has 0 aliphatic carbocycles. The van der Waals surface area contributed by atoms with Gasteiger partial charge < -0.3 is 4.90 Å². The van der Waals surface area contributed by atoms with E-state index in [1.165, 1.54) is 12.1 Å². The highest BCUT2D eigenvalue weighted by molar-refractivity contribution is 7.89. The first-order chi connectivity index (χ1) is 9.86. The summed E-state index contributed by atoms with van der Waals surface area (Å²) in [5.41, 5.74) is 2.74. The van der Waals surface area contributed by atoms with Gasteiger partial charge in [0.25, 0.3) is 0 Å². The Bertz CT molecular complexity index is 733. The Balaban J connectivity index is 2.14. The van der Waals surface area contributed by atoms with Gasteiger partial charge in [0.15, 0.2) is 0 Å². The van der Waals surface area contributed by atoms with Crippen molar-refractivity contribution in [2.45, 2.75) is 4.90 Å². The fraction of sp³-hybridized carbons (Fsp3) is 0.133. The largest absolute Gasteiger partial charge is 0.378 e. The van der Waals surface area contributed by atoms with Crippen molar-refractivity contribution in [3.8, 4) is 0 Å². The standard InChI is InChI=1S/C15H17N3O2S/c1-18(2)14-7-5-13(6-8-14)17-11-12-3-9-15(10-4-12)21(16,19)20/h3-11H,1-2H3,(H2,16,19,20). The lowest BCUT2D eigenvalue weighted by atomic mass is 10.2. The molecule has 0 aromatic heterocycles. The fourth-order valence-electron chi connectivity index (χ4n) is 1.73. The Hall–Kier alpha value is -2.18. The van der Waals surface area contributed by atoms with Crippen LogP contribution in [-0.2, 0) is 10.0 Å². The summed E-state index contributed by atoms with van der Waals surface area (Å²) < 4.78 is 22.3. The number of nitrogens with two attached hydrogens (primary N) is 1. The molecule has 0 heterocycles. The maximum atomic E-state index is 11.2. The Kier molecular flexibility index (Phi) is 4.40. The van der Waals surface area contributed by atoms with Crippen LogP contribution < -0.4 is 10.0 Å². The molecule has 21 heavy (non-hydrogen) atoms. The van der Waals surface area contributed by atoms with Crippen molar-refractivity contribution < 1.29 is 8.42 Å². The number of nitrogens with zero attached hydrogens (tertiary/aromatic N) is 2. The molecule has 0 aliphatic heterocycles. The summed E-state index contributed by atoms with van der Waals surface area (Å²) in [6, 6.07) is 14.1. The number of aliphatic imine (C=N–C) groups is 1. The highest BCUT2D eigenvalue weighted by atomic mass is 32.2. The van der Waals surface area contributed by atoms with Gasteiger partial charge >= 0.3 is 0 Å². The molecular weight excluding hydrogens is 286 g/mol. The fourth-order valence-corrected chi connectivity index (χ4v) is 2.24. The molecule has 0 radical (unpaired) electrons. The molecule has 6 heteroatoms. The lowest BCUT2D eigenvalue weighted by Gasteiger charge is -2.11. The second-order valence-electron chi connectivity index (χ2n) is 4.78. The number of benzene rings is 2. The van der Waals surface area contributed by atoms with Crippen molar-refractivity contribution in [1.29, 1.82) is 0 Å². The zero-order valence-electron chi connectivity index (χ0n) is 11.9. The third kappa shape index (κ3) is 4.14. The van der Waals surface area contributed by atoms with Crippen molar-refractivity contribution in [1.82, 2.24) is 0 Å². The van der Waals surface area contributed by atoms with Crippen molar-refractivity contribution >= 4 is 27.6 Å². The second-order valence-corrected chi connectivity index (χ2v) is 6.34. The molecule has 2 N–H and O–H groups in total. The molecule has 0 unspecified atom stereocenters. The average molecular weight is 303 g/mol. The van der Waals surface area contributed by atoms with Crippen LogP contribution in [0.1, 0.15) is 5.56 Å². The van der Waals surface area contributed by atoms with Crippen LogP contribution in [0.2, 0.25) is 0 Å². The molecule has 2 rings (SSSR count). The summed E-state index contributed by atoms with van der Waals surface area (Å²) in [6.07, 6.45) is 1.68. The van der Waals surface area contributed by atoms with E-state index in [-0.39, 0.29) is 4.90 Å². The van der Waals surface area contributed by atoms with Crippen molar-refractivity contribution in [2.75, 3.05) is 19.0 Å². The lowest BCUT2D eigenvalue weighted by molar-refractivity contribution is 0.598. The number of primary sulfonamides is 1. The number of rotatable bonds is 4. The minimum absolute atomic E-state index is 0.0926. The van der Waals surface area contributed by atoms with Crippen LogP contribution in [0, 0.1) is 0 Å². The first-order valence-corrected chi connectivity index (χ1v) is 7.85. The number of sulfonamides is 1. The van der Waals surface area contributed by atoms with Gasteiger partial charge in [0.2, 0.25) is 10.0 Å². The van der Waals surface area contributed by atoms with Gasteiger partial charge in [0.05, 0.1) is 10.6 Å². The Morgan fingerprint density at radius 3 is 2.05 bits per heavy atom. The Labute approximate surface area is 124 Å². The quantitative estimate of drug-likeness (QED) is 0.879. The lowest BCUT2D eigenvalue weighted by Crippen LogP contribution is -2.11. The third-order valence-corrected chi connectivity index (χ3v) is 3.87. The van der Waals surface area contributed by atoms with E-state index in [2.05, 4.69) is 4.99 Å². The van der Waals surface area contributed by atoms with Gasteiger partial charge in [-0.15, -0.1) is 0 Å². The van der Waals surface area contributed by atoms with Gasteiger partial charge in [-0.05, 0) is 42.0 Å². The average Bonchev–Trinajstić information content (AvgIpc) is 2.45. The number of hydrogen-bond acceptors (Lipinski definition) is 4. The topological polar surface area (TPSA) is 75.8 Å². The molecule has 2 aromatic carbocycles. The van der Waals surface area contributed by atoms with Crippen molar-refractivity contribution in [3.63, 3.8) is 0 Å². The first-order valence-electron chi connectivity index (χ1n) is 6.30. The van der Waals surface area contributed by atoms with E-state index in [1.807, 2.05) is 43.3 Å². The van der Waals surface area contributed by atoms with E-state index < -0.39 is 10.0 Å². The maximum Gasteiger partial charge on any atom is 0.238 e. The van der Waals surface area contributed by atoms with E-state index >= 15 is 0 Å². The maximum absolute atomic E-state index is 11.2. The van der Waals surface area contributed by atoms with Crippen LogP contribution in [0.25, 0.3) is 0 Å². The van der Waals surface area contributed by atoms with Gasteiger partial charge in [0.1, 0.15) is 0 Å². The van der Waals surface area contributed by atoms with E-state index in [0.29, 0.717) is 0 Å². The molecule has 0 fully saturated rings. The Morgan fingerprint density at radius 2 is 1.57 bits per heavy atom. The molecular formula is C15H17N3O2S. The second kappa shape index (κ2) is 6.07. The summed E-state index contributed by atoms with van der Waals surface area (Å²) in [6.45, 7) is 0. The van der Waals surface area contributed by atoms with Crippen molar-refractivity contribution in [3.05, 3.63) is 54.1 Å². The highest BCUT2D eigenvalue weighted by Gasteiger charge is 2.05. The highest BCUT2D eigenvalue weighted by Crippen LogP contribution is 2.18. The molecule has 0 atom stereocenters. The van der Waals surface area contributed by atoms with Gasteiger partial charge in [-0.3, -0.25) is 4.99 Å². The third-order valence-electron chi connectivity index (χ3n) is 2.94. The van der Waals surface area contributed by atoms with Crippen LogP contribution >= 0.6 is 0 Å². The van der Waals surface area contributed by atoms with Crippen LogP contribution in [0.5, 0.6) is 0 Å². The predicted octanol–water partition coefficient (Wildman–Crippen LogP) is 2.15. The van der Waals surface area contributed by atoms with Gasteiger partial charge in [-0.2, -0.15) is 0 Å². The predicted molar refractivity (Wildman–Crippen MR) is 85.8 cm³/mol. The minimum Gasteiger partial charge on any atom is -0.378 e. The van der Waals surface area contributed by atoms with Gasteiger partial charge in [0, 0.05) is 26.0 Å². The minimum atomic E-state index is -3.65. The summed E-state index contributed by atoms with van der Waals surface area (Å²) in [5, 5.41) is 5.04. The molecule has 2 aromatic rings.